The predicted octanol–water partition coefficient (Wildman–Crippen LogP) is 2.53. The molecule has 1 N–H and O–H groups in total. The molecule has 2 rings (SSSR count). The van der Waals surface area contributed by atoms with Crippen molar-refractivity contribution in [2.24, 2.45) is 0 Å². The molecule has 1 aromatic rings. The van der Waals surface area contributed by atoms with Crippen LogP contribution in [0.25, 0.3) is 0 Å². The number of carbonyl (C=O) groups is 1. The Balaban J connectivity index is 2.04. The Morgan fingerprint density at radius 3 is 2.53 bits per heavy atom. The van der Waals surface area contributed by atoms with E-state index in [0.29, 0.717) is 12.8 Å². The van der Waals surface area contributed by atoms with Gasteiger partial charge in [-0.25, -0.2) is 0 Å². The lowest BCUT2D eigenvalue weighted by Crippen LogP contribution is -2.53. The zero-order valence-corrected chi connectivity index (χ0v) is 10.1. The van der Waals surface area contributed by atoms with E-state index in [0.717, 1.165) is 12.0 Å². The van der Waals surface area contributed by atoms with Crippen LogP contribution in [0.15, 0.2) is 30.3 Å². The van der Waals surface area contributed by atoms with Crippen LogP contribution in [0.5, 0.6) is 0 Å². The molecular weight excluding hydrogens is 236 g/mol. The van der Waals surface area contributed by atoms with Crippen LogP contribution in [0.2, 0.25) is 0 Å². The van der Waals surface area contributed by atoms with E-state index >= 15 is 0 Å². The summed E-state index contributed by atoms with van der Waals surface area (Å²) in [5.41, 5.74) is 0.0676. The highest BCUT2D eigenvalue weighted by molar-refractivity contribution is 6.30. The summed E-state index contributed by atoms with van der Waals surface area (Å²) in [4.78, 5) is 11.9. The van der Waals surface area contributed by atoms with E-state index in [1.54, 1.807) is 12.1 Å². The van der Waals surface area contributed by atoms with Gasteiger partial charge in [-0.3, -0.25) is 4.79 Å². The molecule has 1 aliphatic carbocycles. The lowest BCUT2D eigenvalue weighted by Gasteiger charge is -2.36. The van der Waals surface area contributed by atoms with Crippen LogP contribution in [0.4, 0.5) is 0 Å². The molecule has 17 heavy (non-hydrogen) atoms. The first-order valence-corrected chi connectivity index (χ1v) is 6.03. The number of nitrogens with zero attached hydrogens (tertiary/aromatic N) is 1. The fraction of sp³-hybridized carbons (Fsp3) is 0.385. The summed E-state index contributed by atoms with van der Waals surface area (Å²) in [5, 5.41) is 11.0. The minimum Gasteiger partial charge on any atom is -0.336 e. The van der Waals surface area contributed by atoms with Gasteiger partial charge < -0.3 is 5.32 Å². The minimum absolute atomic E-state index is 0.292. The van der Waals surface area contributed by atoms with E-state index < -0.39 is 10.9 Å². The van der Waals surface area contributed by atoms with Crippen LogP contribution >= 0.6 is 11.6 Å². The molecular formula is C13H13ClN2O. The number of rotatable bonds is 3. The topological polar surface area (TPSA) is 52.9 Å². The van der Waals surface area contributed by atoms with Crippen LogP contribution in [0.1, 0.15) is 30.2 Å². The van der Waals surface area contributed by atoms with Gasteiger partial charge in [0.25, 0.3) is 0 Å². The normalized spacial score (nSPS) is 18.6. The van der Waals surface area contributed by atoms with Gasteiger partial charge in [0.1, 0.15) is 10.9 Å². The number of nitriles is 1. The number of hydrogen-bond donors (Lipinski definition) is 1. The van der Waals surface area contributed by atoms with Crippen molar-refractivity contribution in [1.29, 1.82) is 5.26 Å². The standard InChI is InChI=1S/C13H13ClN2O/c14-11(10-5-2-1-3-6-10)12(17)16-13(9-15)7-4-8-13/h1-3,5-6,11H,4,7-8H2,(H,16,17). The molecule has 0 heterocycles. The van der Waals surface area contributed by atoms with Crippen LogP contribution in [0, 0.1) is 11.3 Å². The monoisotopic (exact) mass is 248 g/mol. The zero-order chi connectivity index (χ0) is 12.3. The Kier molecular flexibility index (Phi) is 3.35. The van der Waals surface area contributed by atoms with E-state index in [9.17, 15) is 4.79 Å². The second-order valence-electron chi connectivity index (χ2n) is 4.31. The predicted molar refractivity (Wildman–Crippen MR) is 65.4 cm³/mol. The molecule has 0 spiro atoms. The Hall–Kier alpha value is -1.53. The second-order valence-corrected chi connectivity index (χ2v) is 4.75. The highest BCUT2D eigenvalue weighted by atomic mass is 35.5. The molecule has 0 saturated heterocycles. The fourth-order valence-electron chi connectivity index (χ4n) is 1.87. The Morgan fingerprint density at radius 1 is 1.41 bits per heavy atom. The van der Waals surface area contributed by atoms with Gasteiger partial charge in [-0.1, -0.05) is 30.3 Å². The number of nitrogens with one attached hydrogen (secondary N) is 1. The maximum absolute atomic E-state index is 11.9. The first kappa shape index (κ1) is 11.9. The first-order valence-electron chi connectivity index (χ1n) is 5.59. The Bertz CT molecular complexity index is 448. The summed E-state index contributed by atoms with van der Waals surface area (Å²) in [7, 11) is 0. The molecule has 1 aromatic carbocycles. The molecule has 0 bridgehead atoms. The van der Waals surface area contributed by atoms with Crippen LogP contribution in [-0.4, -0.2) is 11.4 Å². The van der Waals surface area contributed by atoms with Crippen molar-refractivity contribution in [3.63, 3.8) is 0 Å². The number of halogens is 1. The number of amides is 1. The van der Waals surface area contributed by atoms with E-state index in [1.165, 1.54) is 0 Å². The van der Waals surface area contributed by atoms with Crippen molar-refractivity contribution < 1.29 is 4.79 Å². The summed E-state index contributed by atoms with van der Waals surface area (Å²) < 4.78 is 0. The SMILES string of the molecule is N#CC1(NC(=O)C(Cl)c2ccccc2)CCC1. The molecule has 1 aliphatic rings. The van der Waals surface area contributed by atoms with Gasteiger partial charge in [-0.05, 0) is 24.8 Å². The van der Waals surface area contributed by atoms with Gasteiger partial charge >= 0.3 is 0 Å². The van der Waals surface area contributed by atoms with Gasteiger partial charge in [0.2, 0.25) is 5.91 Å². The van der Waals surface area contributed by atoms with Crippen molar-refractivity contribution >= 4 is 17.5 Å². The highest BCUT2D eigenvalue weighted by Gasteiger charge is 2.39. The molecule has 1 amide bonds. The van der Waals surface area contributed by atoms with Gasteiger partial charge in [0, 0.05) is 0 Å². The summed E-state index contributed by atoms with van der Waals surface area (Å²) in [6.45, 7) is 0. The molecule has 0 aromatic heterocycles. The van der Waals surface area contributed by atoms with Gasteiger partial charge in [0.15, 0.2) is 0 Å². The van der Waals surface area contributed by atoms with Crippen molar-refractivity contribution in [3.05, 3.63) is 35.9 Å². The summed E-state index contributed by atoms with van der Waals surface area (Å²) in [6.07, 6.45) is 2.41. The van der Waals surface area contributed by atoms with E-state index in [1.807, 2.05) is 18.2 Å². The number of benzene rings is 1. The Morgan fingerprint density at radius 2 is 2.06 bits per heavy atom. The van der Waals surface area contributed by atoms with Gasteiger partial charge in [-0.15, -0.1) is 11.6 Å². The molecule has 0 aliphatic heterocycles. The van der Waals surface area contributed by atoms with E-state index in [2.05, 4.69) is 11.4 Å². The molecule has 1 unspecified atom stereocenters. The average molecular weight is 249 g/mol. The van der Waals surface area contributed by atoms with Crippen LogP contribution in [0.3, 0.4) is 0 Å². The van der Waals surface area contributed by atoms with E-state index in [4.69, 9.17) is 16.9 Å². The average Bonchev–Trinajstić information content (AvgIpc) is 2.33. The van der Waals surface area contributed by atoms with Crippen molar-refractivity contribution in [2.75, 3.05) is 0 Å². The first-order chi connectivity index (χ1) is 8.17. The third-order valence-corrected chi connectivity index (χ3v) is 3.56. The van der Waals surface area contributed by atoms with Crippen LogP contribution in [-0.2, 0) is 4.79 Å². The summed E-state index contributed by atoms with van der Waals surface area (Å²) in [6, 6.07) is 11.3. The zero-order valence-electron chi connectivity index (χ0n) is 9.32. The summed E-state index contributed by atoms with van der Waals surface area (Å²) in [5.74, 6) is -0.292. The summed E-state index contributed by atoms with van der Waals surface area (Å²) >= 11 is 6.08. The fourth-order valence-corrected chi connectivity index (χ4v) is 2.07. The van der Waals surface area contributed by atoms with Crippen molar-refractivity contribution in [1.82, 2.24) is 5.32 Å². The third kappa shape index (κ3) is 2.42. The van der Waals surface area contributed by atoms with Crippen LogP contribution < -0.4 is 5.32 Å². The second kappa shape index (κ2) is 4.77. The minimum atomic E-state index is -0.734. The van der Waals surface area contributed by atoms with Crippen molar-refractivity contribution in [3.8, 4) is 6.07 Å². The maximum atomic E-state index is 11.9. The molecule has 88 valence electrons. The number of carbonyl (C=O) groups excluding carboxylic acids is 1. The lowest BCUT2D eigenvalue weighted by atomic mass is 9.78. The molecule has 1 saturated carbocycles. The number of alkyl halides is 1. The highest BCUT2D eigenvalue weighted by Crippen LogP contribution is 2.32. The van der Waals surface area contributed by atoms with Crippen molar-refractivity contribution in [2.45, 2.75) is 30.2 Å². The number of hydrogen-bond acceptors (Lipinski definition) is 2. The third-order valence-electron chi connectivity index (χ3n) is 3.11. The molecule has 4 heteroatoms. The largest absolute Gasteiger partial charge is 0.336 e. The quantitative estimate of drug-likeness (QED) is 0.836. The molecule has 1 fully saturated rings. The molecule has 1 atom stereocenters. The van der Waals surface area contributed by atoms with E-state index in [-0.39, 0.29) is 5.91 Å². The maximum Gasteiger partial charge on any atom is 0.243 e. The lowest BCUT2D eigenvalue weighted by molar-refractivity contribution is -0.123. The Labute approximate surface area is 105 Å². The van der Waals surface area contributed by atoms with Gasteiger partial charge in [0.05, 0.1) is 6.07 Å². The molecule has 3 nitrogen and oxygen atoms in total. The van der Waals surface area contributed by atoms with Gasteiger partial charge in [-0.2, -0.15) is 5.26 Å². The smallest absolute Gasteiger partial charge is 0.243 e. The molecule has 0 radical (unpaired) electrons.